The zero-order valence-electron chi connectivity index (χ0n) is 18.1. The Kier molecular flexibility index (Phi) is 7.30. The smallest absolute Gasteiger partial charge is 0.311 e. The average molecular weight is 536 g/mol. The van der Waals surface area contributed by atoms with E-state index >= 15 is 0 Å². The fourth-order valence-electron chi connectivity index (χ4n) is 3.18. The number of anilines is 1. The maximum atomic E-state index is 12.6. The number of aromatic nitrogens is 2. The predicted octanol–water partition coefficient (Wildman–Crippen LogP) is 6.53. The van der Waals surface area contributed by atoms with Crippen molar-refractivity contribution in [3.63, 3.8) is 0 Å². The number of carbonyl (C=O) groups is 1. The summed E-state index contributed by atoms with van der Waals surface area (Å²) in [5.74, 6) is -0.0128. The van der Waals surface area contributed by atoms with Gasteiger partial charge in [0.2, 0.25) is 0 Å². The van der Waals surface area contributed by atoms with Gasteiger partial charge in [0.15, 0.2) is 17.3 Å². The van der Waals surface area contributed by atoms with E-state index in [1.165, 1.54) is 18.2 Å². The Hall–Kier alpha value is -3.53. The first-order valence-corrected chi connectivity index (χ1v) is 11.3. The van der Waals surface area contributed by atoms with Crippen molar-refractivity contribution in [1.82, 2.24) is 9.78 Å². The van der Waals surface area contributed by atoms with E-state index in [4.69, 9.17) is 44.0 Å². The number of benzene rings is 2. The number of hydrogen-bond donors (Lipinski definition) is 1. The first kappa shape index (κ1) is 24.6. The van der Waals surface area contributed by atoms with Crippen LogP contribution in [0.5, 0.6) is 5.75 Å². The van der Waals surface area contributed by atoms with Crippen LogP contribution in [0.25, 0.3) is 0 Å². The lowest BCUT2D eigenvalue weighted by Crippen LogP contribution is -2.12. The van der Waals surface area contributed by atoms with Crippen LogP contribution in [-0.4, -0.2) is 20.6 Å². The number of ether oxygens (including phenoxy) is 1. The molecule has 0 saturated heterocycles. The molecule has 180 valence electrons. The van der Waals surface area contributed by atoms with E-state index in [-0.39, 0.29) is 34.6 Å². The molecule has 1 N–H and O–H groups in total. The summed E-state index contributed by atoms with van der Waals surface area (Å²) in [5.41, 5.74) is 1.43. The van der Waals surface area contributed by atoms with E-state index in [1.54, 1.807) is 48.1 Å². The van der Waals surface area contributed by atoms with Crippen LogP contribution in [0.4, 0.5) is 11.5 Å². The van der Waals surface area contributed by atoms with E-state index in [0.29, 0.717) is 22.4 Å². The highest BCUT2D eigenvalue weighted by atomic mass is 35.5. The SMILES string of the molecule is Cc1ccc(OCc2ccc(C(=O)Nc3nn(Cc4ccc(Cl)c(Cl)c4)cc3Cl)o2)c([N+](=O)[O-])c1. The Labute approximate surface area is 214 Å². The van der Waals surface area contributed by atoms with Gasteiger partial charge in [0.25, 0.3) is 5.91 Å². The summed E-state index contributed by atoms with van der Waals surface area (Å²) in [6.07, 6.45) is 1.57. The maximum Gasteiger partial charge on any atom is 0.311 e. The summed E-state index contributed by atoms with van der Waals surface area (Å²) >= 11 is 18.2. The summed E-state index contributed by atoms with van der Waals surface area (Å²) in [7, 11) is 0. The van der Waals surface area contributed by atoms with Gasteiger partial charge in [-0.3, -0.25) is 19.6 Å². The van der Waals surface area contributed by atoms with Gasteiger partial charge in [-0.05, 0) is 48.4 Å². The number of nitrogens with one attached hydrogen (secondary N) is 1. The van der Waals surface area contributed by atoms with Crippen LogP contribution in [0, 0.1) is 17.0 Å². The van der Waals surface area contributed by atoms with Crippen molar-refractivity contribution in [2.24, 2.45) is 0 Å². The Balaban J connectivity index is 1.39. The molecule has 4 aromatic rings. The second kappa shape index (κ2) is 10.4. The van der Waals surface area contributed by atoms with E-state index in [0.717, 1.165) is 11.1 Å². The lowest BCUT2D eigenvalue weighted by molar-refractivity contribution is -0.386. The second-order valence-electron chi connectivity index (χ2n) is 7.51. The first-order chi connectivity index (χ1) is 16.7. The fourth-order valence-corrected chi connectivity index (χ4v) is 3.69. The minimum absolute atomic E-state index is 0.00268. The molecule has 0 spiro atoms. The molecular weight excluding hydrogens is 519 g/mol. The number of nitro groups is 1. The van der Waals surface area contributed by atoms with Crippen molar-refractivity contribution >= 4 is 52.2 Å². The lowest BCUT2D eigenvalue weighted by Gasteiger charge is -2.06. The quantitative estimate of drug-likeness (QED) is 0.203. The number of halogens is 3. The highest BCUT2D eigenvalue weighted by Gasteiger charge is 2.18. The van der Waals surface area contributed by atoms with Gasteiger partial charge >= 0.3 is 5.69 Å². The van der Waals surface area contributed by atoms with E-state index in [1.807, 2.05) is 0 Å². The van der Waals surface area contributed by atoms with Crippen molar-refractivity contribution in [1.29, 1.82) is 0 Å². The molecule has 0 aliphatic rings. The molecule has 0 saturated carbocycles. The summed E-state index contributed by atoms with van der Waals surface area (Å²) in [4.78, 5) is 23.3. The maximum absolute atomic E-state index is 12.6. The molecule has 4 rings (SSSR count). The predicted molar refractivity (Wildman–Crippen MR) is 132 cm³/mol. The first-order valence-electron chi connectivity index (χ1n) is 10.1. The third-order valence-corrected chi connectivity index (χ3v) is 5.86. The van der Waals surface area contributed by atoms with Crippen LogP contribution >= 0.6 is 34.8 Å². The fraction of sp³-hybridized carbons (Fsp3) is 0.130. The molecule has 12 heteroatoms. The number of nitro benzene ring substituents is 1. The Morgan fingerprint density at radius 1 is 1.11 bits per heavy atom. The van der Waals surface area contributed by atoms with Crippen molar-refractivity contribution < 1.29 is 18.9 Å². The third-order valence-electron chi connectivity index (χ3n) is 4.84. The zero-order valence-corrected chi connectivity index (χ0v) is 20.4. The zero-order chi connectivity index (χ0) is 25.1. The largest absolute Gasteiger partial charge is 0.479 e. The number of amides is 1. The topological polar surface area (TPSA) is 112 Å². The molecule has 0 aliphatic carbocycles. The van der Waals surface area contributed by atoms with E-state index in [2.05, 4.69) is 10.4 Å². The minimum atomic E-state index is -0.570. The number of nitrogens with zero attached hydrogens (tertiary/aromatic N) is 3. The van der Waals surface area contributed by atoms with Crippen molar-refractivity contribution in [2.75, 3.05) is 5.32 Å². The molecule has 0 radical (unpaired) electrons. The lowest BCUT2D eigenvalue weighted by atomic mass is 10.2. The van der Waals surface area contributed by atoms with Crippen molar-refractivity contribution in [3.05, 3.63) is 103 Å². The summed E-state index contributed by atoms with van der Waals surface area (Å²) in [6.45, 7) is 2.01. The number of furan rings is 1. The van der Waals surface area contributed by atoms with Crippen LogP contribution < -0.4 is 10.1 Å². The highest BCUT2D eigenvalue weighted by Crippen LogP contribution is 2.29. The molecule has 1 amide bonds. The van der Waals surface area contributed by atoms with Gasteiger partial charge in [-0.25, -0.2) is 0 Å². The summed E-state index contributed by atoms with van der Waals surface area (Å²) in [6, 6.07) is 12.8. The normalized spacial score (nSPS) is 10.9. The van der Waals surface area contributed by atoms with Gasteiger partial charge in [0, 0.05) is 12.3 Å². The number of hydrogen-bond acceptors (Lipinski definition) is 6. The van der Waals surface area contributed by atoms with Gasteiger partial charge in [-0.15, -0.1) is 0 Å². The monoisotopic (exact) mass is 534 g/mol. The number of aryl methyl sites for hydroxylation is 1. The van der Waals surface area contributed by atoms with Crippen LogP contribution in [0.15, 0.2) is 59.1 Å². The van der Waals surface area contributed by atoms with Gasteiger partial charge in [0.1, 0.15) is 17.4 Å². The molecule has 0 fully saturated rings. The van der Waals surface area contributed by atoms with Crippen LogP contribution in [0.1, 0.15) is 27.4 Å². The molecule has 2 aromatic carbocycles. The Morgan fingerprint density at radius 3 is 2.66 bits per heavy atom. The minimum Gasteiger partial charge on any atom is -0.479 e. The van der Waals surface area contributed by atoms with Crippen molar-refractivity contribution in [3.8, 4) is 5.75 Å². The summed E-state index contributed by atoms with van der Waals surface area (Å²) < 4.78 is 12.6. The second-order valence-corrected chi connectivity index (χ2v) is 8.73. The van der Waals surface area contributed by atoms with Crippen LogP contribution in [0.2, 0.25) is 15.1 Å². The molecule has 35 heavy (non-hydrogen) atoms. The van der Waals surface area contributed by atoms with Gasteiger partial charge in [-0.2, -0.15) is 5.10 Å². The molecule has 2 heterocycles. The standard InChI is InChI=1S/C23H17Cl3N4O5/c1-13-2-6-20(19(8-13)30(32)33)34-12-15-4-7-21(35-15)23(31)27-22-18(26)11-29(28-22)10-14-3-5-16(24)17(25)9-14/h2-9,11H,10,12H2,1H3,(H,27,28,31). The van der Waals surface area contributed by atoms with Crippen molar-refractivity contribution in [2.45, 2.75) is 20.1 Å². The van der Waals surface area contributed by atoms with Gasteiger partial charge < -0.3 is 14.5 Å². The Bertz CT molecular complexity index is 1420. The highest BCUT2D eigenvalue weighted by molar-refractivity contribution is 6.42. The van der Waals surface area contributed by atoms with E-state index in [9.17, 15) is 14.9 Å². The molecule has 0 bridgehead atoms. The molecule has 0 aliphatic heterocycles. The molecule has 0 unspecified atom stereocenters. The van der Waals surface area contributed by atoms with Gasteiger partial charge in [0.05, 0.1) is 21.5 Å². The third kappa shape index (κ3) is 5.94. The summed E-state index contributed by atoms with van der Waals surface area (Å²) in [5, 5.41) is 19.2. The van der Waals surface area contributed by atoms with E-state index < -0.39 is 10.8 Å². The number of carbonyl (C=O) groups excluding carboxylic acids is 1. The average Bonchev–Trinajstić information content (AvgIpc) is 3.42. The Morgan fingerprint density at radius 2 is 1.91 bits per heavy atom. The number of rotatable bonds is 8. The molecule has 9 nitrogen and oxygen atoms in total. The molecule has 0 atom stereocenters. The molecular formula is C23H17Cl3N4O5. The van der Waals surface area contributed by atoms with Gasteiger partial charge in [-0.1, -0.05) is 46.9 Å². The van der Waals surface area contributed by atoms with Crippen LogP contribution in [0.3, 0.4) is 0 Å². The van der Waals surface area contributed by atoms with Crippen LogP contribution in [-0.2, 0) is 13.2 Å². The molecule has 2 aromatic heterocycles.